The van der Waals surface area contributed by atoms with E-state index in [4.69, 9.17) is 0 Å². The molecule has 1 aliphatic rings. The highest BCUT2D eigenvalue weighted by atomic mass is 32.2. The van der Waals surface area contributed by atoms with Gasteiger partial charge in [0.15, 0.2) is 0 Å². The highest BCUT2D eigenvalue weighted by Crippen LogP contribution is 2.25. The van der Waals surface area contributed by atoms with Crippen molar-refractivity contribution in [2.75, 3.05) is 36.8 Å². The van der Waals surface area contributed by atoms with Crippen LogP contribution in [0.25, 0.3) is 10.9 Å². The van der Waals surface area contributed by atoms with Crippen LogP contribution >= 0.6 is 11.8 Å². The summed E-state index contributed by atoms with van der Waals surface area (Å²) in [6, 6.07) is 18.1. The molecule has 1 amide bonds. The number of carbonyl (C=O) groups excluding carboxylic acids is 1. The summed E-state index contributed by atoms with van der Waals surface area (Å²) in [6.45, 7) is 2.65. The number of para-hydroxylation sites is 1. The molecule has 4 rings (SSSR count). The first-order valence-electron chi connectivity index (χ1n) is 9.35. The van der Waals surface area contributed by atoms with Gasteiger partial charge in [-0.1, -0.05) is 30.0 Å². The van der Waals surface area contributed by atoms with Crippen LogP contribution in [0.2, 0.25) is 0 Å². The van der Waals surface area contributed by atoms with E-state index in [1.165, 1.54) is 23.9 Å². The van der Waals surface area contributed by atoms with Crippen LogP contribution in [0.1, 0.15) is 5.56 Å². The van der Waals surface area contributed by atoms with Crippen molar-refractivity contribution in [1.82, 2.24) is 9.88 Å². The van der Waals surface area contributed by atoms with Crippen molar-refractivity contribution >= 4 is 34.3 Å². The van der Waals surface area contributed by atoms with Crippen LogP contribution in [0.5, 0.6) is 0 Å². The smallest absolute Gasteiger partial charge is 0.233 e. The zero-order chi connectivity index (χ0) is 20.2. The van der Waals surface area contributed by atoms with Gasteiger partial charge >= 0.3 is 0 Å². The van der Waals surface area contributed by atoms with Gasteiger partial charge in [0, 0.05) is 37.3 Å². The molecule has 0 saturated carbocycles. The second kappa shape index (κ2) is 8.50. The lowest BCUT2D eigenvalue weighted by Crippen LogP contribution is -2.49. The van der Waals surface area contributed by atoms with Crippen LogP contribution in [-0.2, 0) is 4.79 Å². The number of halogens is 1. The number of amides is 1. The maximum absolute atomic E-state index is 13.1. The van der Waals surface area contributed by atoms with E-state index in [-0.39, 0.29) is 17.5 Å². The minimum atomic E-state index is -0.251. The lowest BCUT2D eigenvalue weighted by Gasteiger charge is -2.36. The van der Waals surface area contributed by atoms with E-state index in [1.807, 2.05) is 35.2 Å². The number of hydrogen-bond donors (Lipinski definition) is 0. The van der Waals surface area contributed by atoms with Gasteiger partial charge in [-0.05, 0) is 36.4 Å². The number of anilines is 1. The molecule has 2 aromatic carbocycles. The van der Waals surface area contributed by atoms with Crippen molar-refractivity contribution in [1.29, 1.82) is 5.26 Å². The monoisotopic (exact) mass is 406 g/mol. The molecule has 0 unspecified atom stereocenters. The second-order valence-electron chi connectivity index (χ2n) is 6.78. The summed E-state index contributed by atoms with van der Waals surface area (Å²) >= 11 is 1.31. The number of fused-ring (bicyclic) bond motifs is 1. The number of rotatable bonds is 4. The molecule has 0 N–H and O–H groups in total. The molecule has 7 heteroatoms. The van der Waals surface area contributed by atoms with E-state index in [2.05, 4.69) is 16.0 Å². The van der Waals surface area contributed by atoms with Gasteiger partial charge in [-0.2, -0.15) is 5.26 Å². The van der Waals surface area contributed by atoms with Crippen LogP contribution < -0.4 is 4.90 Å². The van der Waals surface area contributed by atoms with Gasteiger partial charge in [-0.15, -0.1) is 0 Å². The van der Waals surface area contributed by atoms with Gasteiger partial charge in [0.2, 0.25) is 5.91 Å². The molecule has 1 aromatic heterocycles. The first kappa shape index (κ1) is 19.2. The lowest BCUT2D eigenvalue weighted by atomic mass is 10.2. The van der Waals surface area contributed by atoms with E-state index < -0.39 is 0 Å². The average molecular weight is 406 g/mol. The fraction of sp³-hybridized carbons (Fsp3) is 0.227. The van der Waals surface area contributed by atoms with Gasteiger partial charge in [0.05, 0.1) is 16.8 Å². The largest absolute Gasteiger partial charge is 0.368 e. The van der Waals surface area contributed by atoms with Crippen molar-refractivity contribution < 1.29 is 9.18 Å². The minimum Gasteiger partial charge on any atom is -0.368 e. The van der Waals surface area contributed by atoms with Crippen molar-refractivity contribution in [3.63, 3.8) is 0 Å². The zero-order valence-corrected chi connectivity index (χ0v) is 16.5. The molecule has 0 spiro atoms. The number of thioether (sulfide) groups is 1. The summed E-state index contributed by atoms with van der Waals surface area (Å²) in [5.41, 5.74) is 2.27. The van der Waals surface area contributed by atoms with Crippen LogP contribution in [0.3, 0.4) is 0 Å². The number of nitriles is 1. The Kier molecular flexibility index (Phi) is 5.63. The van der Waals surface area contributed by atoms with Crippen LogP contribution in [0.15, 0.2) is 59.6 Å². The van der Waals surface area contributed by atoms with E-state index in [0.29, 0.717) is 36.8 Å². The molecular formula is C22H19FN4OS. The Morgan fingerprint density at radius 3 is 2.55 bits per heavy atom. The summed E-state index contributed by atoms with van der Waals surface area (Å²) in [5, 5.41) is 10.9. The van der Waals surface area contributed by atoms with Gasteiger partial charge in [-0.3, -0.25) is 4.79 Å². The molecule has 0 aliphatic carbocycles. The predicted molar refractivity (Wildman–Crippen MR) is 112 cm³/mol. The Morgan fingerprint density at radius 2 is 1.83 bits per heavy atom. The number of benzene rings is 2. The van der Waals surface area contributed by atoms with Gasteiger partial charge in [0.25, 0.3) is 0 Å². The van der Waals surface area contributed by atoms with Crippen molar-refractivity contribution in [3.05, 3.63) is 66.0 Å². The van der Waals surface area contributed by atoms with Crippen molar-refractivity contribution in [2.45, 2.75) is 5.03 Å². The quantitative estimate of drug-likeness (QED) is 0.619. The molecule has 0 atom stereocenters. The Hall–Kier alpha value is -3.11. The van der Waals surface area contributed by atoms with Gasteiger partial charge < -0.3 is 9.80 Å². The summed E-state index contributed by atoms with van der Waals surface area (Å²) < 4.78 is 13.1. The van der Waals surface area contributed by atoms with Crippen LogP contribution in [0.4, 0.5) is 10.1 Å². The summed E-state index contributed by atoms with van der Waals surface area (Å²) in [5.74, 6) is 0.0301. The third-order valence-corrected chi connectivity index (χ3v) is 5.94. The lowest BCUT2D eigenvalue weighted by molar-refractivity contribution is -0.128. The van der Waals surface area contributed by atoms with Gasteiger partial charge in [0.1, 0.15) is 16.9 Å². The highest BCUT2D eigenvalue weighted by molar-refractivity contribution is 8.00. The minimum absolute atomic E-state index is 0.0348. The summed E-state index contributed by atoms with van der Waals surface area (Å²) in [6.07, 6.45) is 0. The van der Waals surface area contributed by atoms with E-state index in [0.717, 1.165) is 16.6 Å². The van der Waals surface area contributed by atoms with E-state index >= 15 is 0 Å². The first-order chi connectivity index (χ1) is 14.1. The summed E-state index contributed by atoms with van der Waals surface area (Å²) in [7, 11) is 0. The predicted octanol–water partition coefficient (Wildman–Crippen LogP) is 3.69. The topological polar surface area (TPSA) is 60.2 Å². The Labute approximate surface area is 172 Å². The normalized spacial score (nSPS) is 14.1. The van der Waals surface area contributed by atoms with Crippen molar-refractivity contribution in [2.24, 2.45) is 0 Å². The number of nitrogens with zero attached hydrogens (tertiary/aromatic N) is 4. The third kappa shape index (κ3) is 4.33. The van der Waals surface area contributed by atoms with Crippen molar-refractivity contribution in [3.8, 4) is 6.07 Å². The molecule has 5 nitrogen and oxygen atoms in total. The third-order valence-electron chi connectivity index (χ3n) is 4.97. The Morgan fingerprint density at radius 1 is 1.10 bits per heavy atom. The number of pyridine rings is 1. The zero-order valence-electron chi connectivity index (χ0n) is 15.7. The Bertz CT molecular complexity index is 1070. The Balaban J connectivity index is 1.36. The van der Waals surface area contributed by atoms with Crippen LogP contribution in [-0.4, -0.2) is 47.7 Å². The number of aromatic nitrogens is 1. The maximum Gasteiger partial charge on any atom is 0.233 e. The molecule has 0 radical (unpaired) electrons. The summed E-state index contributed by atoms with van der Waals surface area (Å²) in [4.78, 5) is 21.2. The maximum atomic E-state index is 13.1. The van der Waals surface area contributed by atoms with E-state index in [1.54, 1.807) is 12.1 Å². The fourth-order valence-corrected chi connectivity index (χ4v) is 4.24. The molecule has 1 aliphatic heterocycles. The molecule has 0 bridgehead atoms. The second-order valence-corrected chi connectivity index (χ2v) is 7.74. The van der Waals surface area contributed by atoms with E-state index in [9.17, 15) is 14.4 Å². The molecular weight excluding hydrogens is 387 g/mol. The molecule has 3 aromatic rings. The number of piperazine rings is 1. The first-order valence-corrected chi connectivity index (χ1v) is 10.3. The number of hydrogen-bond acceptors (Lipinski definition) is 5. The molecule has 2 heterocycles. The fourth-order valence-electron chi connectivity index (χ4n) is 3.38. The molecule has 146 valence electrons. The van der Waals surface area contributed by atoms with Crippen LogP contribution in [0, 0.1) is 17.1 Å². The standard InChI is InChI=1S/C22H19FN4OS/c23-18-5-7-19(8-6-18)26-9-11-27(12-10-26)21(28)15-29-22-17(14-24)13-16-3-1-2-4-20(16)25-22/h1-8,13H,9-12,15H2. The molecule has 1 fully saturated rings. The number of carbonyl (C=O) groups is 1. The highest BCUT2D eigenvalue weighted by Gasteiger charge is 2.22. The SMILES string of the molecule is N#Cc1cc2ccccc2nc1SCC(=O)N1CCN(c2ccc(F)cc2)CC1. The molecule has 29 heavy (non-hydrogen) atoms. The van der Waals surface area contributed by atoms with Gasteiger partial charge in [-0.25, -0.2) is 9.37 Å². The molecule has 1 saturated heterocycles. The average Bonchev–Trinajstić information content (AvgIpc) is 2.77.